The largest absolute Gasteiger partial charge is 0.504 e. The van der Waals surface area contributed by atoms with Crippen LogP contribution < -0.4 is 5.32 Å². The molecule has 2 unspecified atom stereocenters. The van der Waals surface area contributed by atoms with Gasteiger partial charge in [0, 0.05) is 43.1 Å². The Morgan fingerprint density at radius 1 is 1.33 bits per heavy atom. The van der Waals surface area contributed by atoms with E-state index in [9.17, 15) is 19.5 Å². The highest BCUT2D eigenvalue weighted by Crippen LogP contribution is 2.39. The van der Waals surface area contributed by atoms with Crippen molar-refractivity contribution in [3.63, 3.8) is 0 Å². The molecule has 0 radical (unpaired) electrons. The minimum absolute atomic E-state index is 0.0705. The summed E-state index contributed by atoms with van der Waals surface area (Å²) in [7, 11) is 2.71. The summed E-state index contributed by atoms with van der Waals surface area (Å²) in [5.74, 6) is -1.65. The van der Waals surface area contributed by atoms with Gasteiger partial charge in [-0.1, -0.05) is 24.3 Å². The van der Waals surface area contributed by atoms with E-state index in [0.29, 0.717) is 11.3 Å². The van der Waals surface area contributed by atoms with Crippen molar-refractivity contribution in [3.8, 4) is 0 Å². The van der Waals surface area contributed by atoms with Crippen LogP contribution in [0.2, 0.25) is 0 Å². The zero-order chi connectivity index (χ0) is 21.9. The van der Waals surface area contributed by atoms with Crippen LogP contribution in [0.3, 0.4) is 0 Å². The first-order chi connectivity index (χ1) is 14.3. The summed E-state index contributed by atoms with van der Waals surface area (Å²) in [5, 5.41) is 13.7. The van der Waals surface area contributed by atoms with Crippen LogP contribution in [0.4, 0.5) is 5.69 Å². The summed E-state index contributed by atoms with van der Waals surface area (Å²) < 4.78 is 9.85. The van der Waals surface area contributed by atoms with Crippen LogP contribution in [-0.4, -0.2) is 55.1 Å². The molecule has 0 bridgehead atoms. The molecular formula is C22H26N2O6. The lowest BCUT2D eigenvalue weighted by atomic mass is 9.84. The predicted molar refractivity (Wildman–Crippen MR) is 109 cm³/mol. The molecule has 8 heteroatoms. The number of rotatable bonds is 6. The van der Waals surface area contributed by atoms with Crippen molar-refractivity contribution in [2.24, 2.45) is 5.92 Å². The van der Waals surface area contributed by atoms with Gasteiger partial charge in [-0.2, -0.15) is 0 Å². The van der Waals surface area contributed by atoms with E-state index >= 15 is 0 Å². The second-order valence-corrected chi connectivity index (χ2v) is 7.35. The van der Waals surface area contributed by atoms with E-state index < -0.39 is 23.4 Å². The van der Waals surface area contributed by atoms with Gasteiger partial charge in [0.15, 0.2) is 5.60 Å². The zero-order valence-corrected chi connectivity index (χ0v) is 17.3. The Morgan fingerprint density at radius 3 is 2.73 bits per heavy atom. The van der Waals surface area contributed by atoms with Crippen molar-refractivity contribution in [1.82, 2.24) is 4.90 Å². The second-order valence-electron chi connectivity index (χ2n) is 7.35. The third-order valence-electron chi connectivity index (χ3n) is 5.70. The van der Waals surface area contributed by atoms with Crippen LogP contribution in [0.25, 0.3) is 0 Å². The molecular weight excluding hydrogens is 388 g/mol. The molecule has 8 nitrogen and oxygen atoms in total. The quantitative estimate of drug-likeness (QED) is 0.318. The highest BCUT2D eigenvalue weighted by molar-refractivity contribution is 6.04. The SMILES string of the molecule is CC=C1CN(CCC2(O)C(=O)Nc3ccccc32)C(=O)CC1C(=COC)C(=O)OC. The monoisotopic (exact) mass is 414 g/mol. The maximum absolute atomic E-state index is 12.8. The summed E-state index contributed by atoms with van der Waals surface area (Å²) in [6, 6.07) is 6.98. The molecule has 2 N–H and O–H groups in total. The Bertz CT molecular complexity index is 922. The predicted octanol–water partition coefficient (Wildman–Crippen LogP) is 1.71. The number of likely N-dealkylation sites (tertiary alicyclic amines) is 1. The van der Waals surface area contributed by atoms with Gasteiger partial charge in [0.2, 0.25) is 5.91 Å². The normalized spacial score (nSPS) is 25.2. The van der Waals surface area contributed by atoms with E-state index in [4.69, 9.17) is 9.47 Å². The standard InChI is InChI=1S/C22H26N2O6/c1-4-14-12-24(19(25)11-15(14)16(13-29-2)20(26)30-3)10-9-22(28)17-7-5-6-8-18(17)23-21(22)27/h4-8,13,15,28H,9-12H2,1-3H3,(H,23,27). The highest BCUT2D eigenvalue weighted by atomic mass is 16.5. The molecule has 1 aromatic rings. The molecule has 2 aliphatic rings. The van der Waals surface area contributed by atoms with Crippen LogP contribution in [0.5, 0.6) is 0 Å². The third kappa shape index (κ3) is 3.82. The number of anilines is 1. The Labute approximate surface area is 175 Å². The lowest BCUT2D eigenvalue weighted by molar-refractivity contribution is -0.140. The lowest BCUT2D eigenvalue weighted by Gasteiger charge is -2.35. The van der Waals surface area contributed by atoms with Crippen LogP contribution >= 0.6 is 0 Å². The molecule has 3 rings (SSSR count). The third-order valence-corrected chi connectivity index (χ3v) is 5.70. The molecule has 0 aromatic heterocycles. The maximum atomic E-state index is 12.8. The number of nitrogens with one attached hydrogen (secondary N) is 1. The van der Waals surface area contributed by atoms with E-state index in [2.05, 4.69) is 5.32 Å². The number of esters is 1. The average Bonchev–Trinajstić information content (AvgIpc) is 3.01. The Kier molecular flexibility index (Phi) is 6.26. The molecule has 0 spiro atoms. The van der Waals surface area contributed by atoms with Gasteiger partial charge in [0.1, 0.15) is 0 Å². The molecule has 1 aromatic carbocycles. The van der Waals surface area contributed by atoms with Gasteiger partial charge in [0.05, 0.1) is 26.1 Å². The molecule has 2 heterocycles. The van der Waals surface area contributed by atoms with E-state index in [1.165, 1.54) is 20.5 Å². The first-order valence-corrected chi connectivity index (χ1v) is 9.73. The number of ether oxygens (including phenoxy) is 2. The van der Waals surface area contributed by atoms with Crippen LogP contribution in [0, 0.1) is 5.92 Å². The molecule has 30 heavy (non-hydrogen) atoms. The minimum Gasteiger partial charge on any atom is -0.504 e. The molecule has 0 saturated carbocycles. The number of benzene rings is 1. The van der Waals surface area contributed by atoms with E-state index in [0.717, 1.165) is 5.57 Å². The Balaban J connectivity index is 1.76. The molecule has 1 saturated heterocycles. The minimum atomic E-state index is -1.68. The molecule has 2 aliphatic heterocycles. The number of piperidine rings is 1. The van der Waals surface area contributed by atoms with Gasteiger partial charge < -0.3 is 24.8 Å². The van der Waals surface area contributed by atoms with Crippen LogP contribution in [0.15, 0.2) is 47.7 Å². The number of hydrogen-bond donors (Lipinski definition) is 2. The number of methoxy groups -OCH3 is 2. The van der Waals surface area contributed by atoms with Crippen molar-refractivity contribution in [1.29, 1.82) is 0 Å². The average molecular weight is 414 g/mol. The summed E-state index contributed by atoms with van der Waals surface area (Å²) in [5.41, 5.74) is 0.559. The Hall–Kier alpha value is -3.13. The molecule has 2 amide bonds. The van der Waals surface area contributed by atoms with Gasteiger partial charge in [-0.15, -0.1) is 0 Å². The number of allylic oxidation sites excluding steroid dienone is 1. The number of hydrogen-bond acceptors (Lipinski definition) is 6. The van der Waals surface area contributed by atoms with Gasteiger partial charge >= 0.3 is 5.97 Å². The van der Waals surface area contributed by atoms with Crippen molar-refractivity contribution in [2.75, 3.05) is 32.6 Å². The number of aliphatic hydroxyl groups is 1. The second kappa shape index (κ2) is 8.71. The summed E-state index contributed by atoms with van der Waals surface area (Å²) >= 11 is 0. The topological polar surface area (TPSA) is 105 Å². The number of amides is 2. The number of carbonyl (C=O) groups excluding carboxylic acids is 3. The van der Waals surface area contributed by atoms with Gasteiger partial charge in [-0.05, 0) is 18.6 Å². The molecule has 0 aliphatic carbocycles. The highest BCUT2D eigenvalue weighted by Gasteiger charge is 2.45. The number of para-hydroxylation sites is 1. The molecule has 2 atom stereocenters. The first-order valence-electron chi connectivity index (χ1n) is 9.73. The van der Waals surface area contributed by atoms with E-state index in [1.54, 1.807) is 29.2 Å². The smallest absolute Gasteiger partial charge is 0.337 e. The van der Waals surface area contributed by atoms with Gasteiger partial charge in [0.25, 0.3) is 5.91 Å². The fourth-order valence-electron chi connectivity index (χ4n) is 4.02. The van der Waals surface area contributed by atoms with Gasteiger partial charge in [-0.25, -0.2) is 4.79 Å². The van der Waals surface area contributed by atoms with Gasteiger partial charge in [-0.3, -0.25) is 9.59 Å². The van der Waals surface area contributed by atoms with E-state index in [1.807, 2.05) is 13.0 Å². The number of fused-ring (bicyclic) bond motifs is 1. The number of nitrogens with zero attached hydrogens (tertiary/aromatic N) is 1. The van der Waals surface area contributed by atoms with Crippen LogP contribution in [-0.2, 0) is 29.5 Å². The zero-order valence-electron chi connectivity index (χ0n) is 17.3. The van der Waals surface area contributed by atoms with Crippen LogP contribution in [0.1, 0.15) is 25.3 Å². The summed E-state index contributed by atoms with van der Waals surface area (Å²) in [6.45, 7) is 2.33. The van der Waals surface area contributed by atoms with Crippen molar-refractivity contribution < 1.29 is 29.0 Å². The summed E-state index contributed by atoms with van der Waals surface area (Å²) in [6.07, 6.45) is 3.32. The summed E-state index contributed by atoms with van der Waals surface area (Å²) in [4.78, 5) is 39.0. The van der Waals surface area contributed by atoms with Crippen molar-refractivity contribution in [2.45, 2.75) is 25.4 Å². The Morgan fingerprint density at radius 2 is 2.07 bits per heavy atom. The molecule has 1 fully saturated rings. The first kappa shape index (κ1) is 21.6. The number of carbonyl (C=O) groups is 3. The van der Waals surface area contributed by atoms with Crippen molar-refractivity contribution in [3.05, 3.63) is 53.3 Å². The van der Waals surface area contributed by atoms with E-state index in [-0.39, 0.29) is 37.4 Å². The van der Waals surface area contributed by atoms with Crippen molar-refractivity contribution >= 4 is 23.5 Å². The fourth-order valence-corrected chi connectivity index (χ4v) is 4.02. The maximum Gasteiger partial charge on any atom is 0.337 e. The molecule has 160 valence electrons. The fraction of sp³-hybridized carbons (Fsp3) is 0.409. The lowest BCUT2D eigenvalue weighted by Crippen LogP contribution is -2.45.